The molecule has 6 nitrogen and oxygen atoms in total. The van der Waals surface area contributed by atoms with Gasteiger partial charge in [-0.3, -0.25) is 4.57 Å². The Morgan fingerprint density at radius 3 is 2.53 bits per heavy atom. The molecule has 2 aliphatic rings. The molecule has 1 saturated heterocycles. The average Bonchev–Trinajstić information content (AvgIpc) is 3.23. The second kappa shape index (κ2) is 8.35. The van der Waals surface area contributed by atoms with Crippen molar-refractivity contribution in [1.82, 2.24) is 0 Å². The van der Waals surface area contributed by atoms with Crippen molar-refractivity contribution >= 4 is 25.0 Å². The Labute approximate surface area is 190 Å². The molecule has 0 amide bonds. The Morgan fingerprint density at radius 2 is 1.88 bits per heavy atom. The van der Waals surface area contributed by atoms with Crippen molar-refractivity contribution in [2.24, 2.45) is 0 Å². The van der Waals surface area contributed by atoms with E-state index in [1.54, 1.807) is 0 Å². The summed E-state index contributed by atoms with van der Waals surface area (Å²) in [7, 11) is 0.111. The number of hydrogen-bond donors (Lipinski definition) is 2. The van der Waals surface area contributed by atoms with Crippen LogP contribution < -0.4 is 9.80 Å². The van der Waals surface area contributed by atoms with Crippen molar-refractivity contribution in [3.63, 3.8) is 0 Å². The third kappa shape index (κ3) is 4.13. The Balaban J connectivity index is 1.61. The van der Waals surface area contributed by atoms with Crippen molar-refractivity contribution in [2.75, 3.05) is 43.2 Å². The SMILES string of the molecule is CN(C)c1ccc(C=CC23OCCN2c2ccc(CCCP(=O)(O)O)cc2C3(C)C)cc1. The first kappa shape index (κ1) is 23.1. The first-order chi connectivity index (χ1) is 15.0. The van der Waals surface area contributed by atoms with E-state index < -0.39 is 13.3 Å². The zero-order valence-electron chi connectivity index (χ0n) is 19.3. The number of anilines is 2. The maximum absolute atomic E-state index is 11.2. The number of ether oxygens (including phenoxy) is 1. The lowest BCUT2D eigenvalue weighted by Gasteiger charge is -2.39. The number of aryl methyl sites for hydroxylation is 1. The van der Waals surface area contributed by atoms with Gasteiger partial charge in [-0.2, -0.15) is 0 Å². The standard InChI is InChI=1S/C25H33N2O4P/c1-24(2)22-18-20(6-5-17-32(28,29)30)9-12-23(22)27-15-16-31-25(24,27)14-13-19-7-10-21(11-8-19)26(3)4/h7-14,18H,5-6,15-17H2,1-4H3,(H2,28,29,30). The number of nitrogens with zero attached hydrogens (tertiary/aromatic N) is 2. The summed E-state index contributed by atoms with van der Waals surface area (Å²) in [6.45, 7) is 5.95. The predicted octanol–water partition coefficient (Wildman–Crippen LogP) is 4.40. The average molecular weight is 457 g/mol. The molecule has 0 bridgehead atoms. The molecule has 2 N–H and O–H groups in total. The van der Waals surface area contributed by atoms with Crippen molar-refractivity contribution in [3.8, 4) is 0 Å². The van der Waals surface area contributed by atoms with Gasteiger partial charge in [-0.1, -0.05) is 44.2 Å². The first-order valence-electron chi connectivity index (χ1n) is 11.1. The van der Waals surface area contributed by atoms with Crippen LogP contribution in [-0.2, 0) is 21.1 Å². The minimum absolute atomic E-state index is 0.0813. The van der Waals surface area contributed by atoms with Crippen LogP contribution in [0.1, 0.15) is 37.0 Å². The Hall–Kier alpha value is -2.11. The molecule has 1 fully saturated rings. The molecule has 2 aromatic carbocycles. The monoisotopic (exact) mass is 456 g/mol. The van der Waals surface area contributed by atoms with E-state index in [-0.39, 0.29) is 11.6 Å². The molecule has 0 aromatic heterocycles. The van der Waals surface area contributed by atoms with Gasteiger partial charge in [-0.05, 0) is 53.8 Å². The fourth-order valence-electron chi connectivity index (χ4n) is 4.95. The van der Waals surface area contributed by atoms with Crippen LogP contribution in [0.15, 0.2) is 48.5 Å². The van der Waals surface area contributed by atoms with Crippen LogP contribution in [0.5, 0.6) is 0 Å². The molecule has 0 aliphatic carbocycles. The van der Waals surface area contributed by atoms with E-state index >= 15 is 0 Å². The molecule has 2 aliphatic heterocycles. The summed E-state index contributed by atoms with van der Waals surface area (Å²) in [6.07, 6.45) is 5.38. The predicted molar refractivity (Wildman–Crippen MR) is 131 cm³/mol. The number of fused-ring (bicyclic) bond motifs is 3. The minimum Gasteiger partial charge on any atom is -0.378 e. The van der Waals surface area contributed by atoms with E-state index in [1.165, 1.54) is 16.9 Å². The van der Waals surface area contributed by atoms with Gasteiger partial charge < -0.3 is 24.3 Å². The summed E-state index contributed by atoms with van der Waals surface area (Å²) in [5.74, 6) is 0. The highest BCUT2D eigenvalue weighted by Crippen LogP contribution is 2.55. The van der Waals surface area contributed by atoms with Crippen LogP contribution in [0.4, 0.5) is 11.4 Å². The van der Waals surface area contributed by atoms with E-state index in [0.29, 0.717) is 19.4 Å². The minimum atomic E-state index is -3.96. The molecule has 2 heterocycles. The van der Waals surface area contributed by atoms with Gasteiger partial charge in [0.15, 0.2) is 5.72 Å². The van der Waals surface area contributed by atoms with Crippen molar-refractivity contribution < 1.29 is 19.1 Å². The highest BCUT2D eigenvalue weighted by atomic mass is 31.2. The largest absolute Gasteiger partial charge is 0.378 e. The lowest BCUT2D eigenvalue weighted by molar-refractivity contribution is 0.000325. The summed E-state index contributed by atoms with van der Waals surface area (Å²) < 4.78 is 17.6. The van der Waals surface area contributed by atoms with Crippen LogP contribution in [0.3, 0.4) is 0 Å². The smallest absolute Gasteiger partial charge is 0.325 e. The lowest BCUT2D eigenvalue weighted by atomic mass is 9.76. The molecule has 32 heavy (non-hydrogen) atoms. The maximum atomic E-state index is 11.2. The van der Waals surface area contributed by atoms with Gasteiger partial charge in [0.1, 0.15) is 0 Å². The summed E-state index contributed by atoms with van der Waals surface area (Å²) in [5, 5.41) is 0. The zero-order valence-corrected chi connectivity index (χ0v) is 20.2. The third-order valence-electron chi connectivity index (χ3n) is 6.78. The first-order valence-corrected chi connectivity index (χ1v) is 12.9. The van der Waals surface area contributed by atoms with Crippen LogP contribution in [0.25, 0.3) is 6.08 Å². The lowest BCUT2D eigenvalue weighted by Crippen LogP contribution is -2.51. The summed E-state index contributed by atoms with van der Waals surface area (Å²) >= 11 is 0. The molecular formula is C25H33N2O4P. The van der Waals surface area contributed by atoms with E-state index in [1.807, 2.05) is 14.1 Å². The van der Waals surface area contributed by atoms with Crippen molar-refractivity contribution in [2.45, 2.75) is 37.8 Å². The second-order valence-corrected chi connectivity index (χ2v) is 11.3. The Bertz CT molecular complexity index is 1060. The van der Waals surface area contributed by atoms with Gasteiger partial charge in [-0.25, -0.2) is 0 Å². The quantitative estimate of drug-likeness (QED) is 0.602. The zero-order chi connectivity index (χ0) is 23.1. The molecule has 172 valence electrons. The maximum Gasteiger partial charge on any atom is 0.325 e. The molecular weight excluding hydrogens is 423 g/mol. The fraction of sp³-hybridized carbons (Fsp3) is 0.440. The fourth-order valence-corrected chi connectivity index (χ4v) is 5.52. The van der Waals surface area contributed by atoms with Gasteiger partial charge in [-0.15, -0.1) is 0 Å². The summed E-state index contributed by atoms with van der Waals surface area (Å²) in [6, 6.07) is 14.9. The van der Waals surface area contributed by atoms with Crippen LogP contribution in [0.2, 0.25) is 0 Å². The normalized spacial score (nSPS) is 21.8. The van der Waals surface area contributed by atoms with Crippen molar-refractivity contribution in [3.05, 3.63) is 65.2 Å². The number of benzene rings is 2. The highest BCUT2D eigenvalue weighted by Gasteiger charge is 2.59. The molecule has 4 rings (SSSR count). The topological polar surface area (TPSA) is 73.2 Å². The third-order valence-corrected chi connectivity index (χ3v) is 7.68. The molecule has 0 saturated carbocycles. The summed E-state index contributed by atoms with van der Waals surface area (Å²) in [5.41, 5.74) is 4.96. The van der Waals surface area contributed by atoms with Crippen LogP contribution in [-0.4, -0.2) is 48.9 Å². The molecule has 1 atom stereocenters. The van der Waals surface area contributed by atoms with Crippen LogP contribution in [0, 0.1) is 0 Å². The number of hydrogen-bond acceptors (Lipinski definition) is 4. The molecule has 0 spiro atoms. The van der Waals surface area contributed by atoms with Gasteiger partial charge in [0.2, 0.25) is 0 Å². The Kier molecular flexibility index (Phi) is 6.01. The second-order valence-electron chi connectivity index (χ2n) is 9.48. The Morgan fingerprint density at radius 1 is 1.16 bits per heavy atom. The van der Waals surface area contributed by atoms with E-state index in [2.05, 4.69) is 78.3 Å². The molecule has 0 radical (unpaired) electrons. The van der Waals surface area contributed by atoms with Crippen molar-refractivity contribution in [1.29, 1.82) is 0 Å². The highest BCUT2D eigenvalue weighted by molar-refractivity contribution is 7.51. The van der Waals surface area contributed by atoms with Crippen LogP contribution >= 0.6 is 7.60 Å². The van der Waals surface area contributed by atoms with Gasteiger partial charge >= 0.3 is 7.60 Å². The molecule has 7 heteroatoms. The van der Waals surface area contributed by atoms with Gasteiger partial charge in [0.05, 0.1) is 12.8 Å². The molecule has 2 aromatic rings. The summed E-state index contributed by atoms with van der Waals surface area (Å²) in [4.78, 5) is 22.7. The van der Waals surface area contributed by atoms with E-state index in [4.69, 9.17) is 14.5 Å². The van der Waals surface area contributed by atoms with E-state index in [0.717, 1.165) is 17.7 Å². The number of rotatable bonds is 7. The van der Waals surface area contributed by atoms with E-state index in [9.17, 15) is 4.57 Å². The molecule has 1 unspecified atom stereocenters. The van der Waals surface area contributed by atoms with Gasteiger partial charge in [0.25, 0.3) is 0 Å². The van der Waals surface area contributed by atoms with Gasteiger partial charge in [0, 0.05) is 37.4 Å².